The number of hydrogen-bond donors (Lipinski definition) is 1. The largest absolute Gasteiger partial charge is 3.00 e. The molecule has 0 aromatic heterocycles. The summed E-state index contributed by atoms with van der Waals surface area (Å²) in [6.07, 6.45) is 10.0. The fourth-order valence-corrected chi connectivity index (χ4v) is 2.55. The summed E-state index contributed by atoms with van der Waals surface area (Å²) in [7, 11) is 0. The number of halogens is 2. The van der Waals surface area contributed by atoms with Gasteiger partial charge in [-0.05, 0) is 32.9 Å². The Bertz CT molecular complexity index is 582. The number of phenols is 1. The first-order chi connectivity index (χ1) is 10.7. The van der Waals surface area contributed by atoms with Crippen LogP contribution in [-0.4, -0.2) is 5.11 Å². The van der Waals surface area contributed by atoms with E-state index in [1.807, 2.05) is 12.2 Å². The topological polar surface area (TPSA) is 20.2 Å². The van der Waals surface area contributed by atoms with Crippen LogP contribution >= 0.6 is 0 Å². The Labute approximate surface area is 216 Å². The van der Waals surface area contributed by atoms with E-state index in [0.717, 1.165) is 17.5 Å². The summed E-state index contributed by atoms with van der Waals surface area (Å²) in [4.78, 5) is 0. The average molecular weight is 629 g/mol. The predicted octanol–water partition coefficient (Wildman–Crippen LogP) is 0.596. The van der Waals surface area contributed by atoms with Crippen LogP contribution in [0.15, 0.2) is 30.4 Å². The first-order valence-electron chi connectivity index (χ1n) is 8.85. The molecule has 0 fully saturated rings. The van der Waals surface area contributed by atoms with Crippen LogP contribution in [0.5, 0.6) is 5.75 Å². The van der Waals surface area contributed by atoms with Crippen molar-refractivity contribution in [1.29, 1.82) is 0 Å². The number of aromatic hydroxyl groups is 1. The molecule has 0 amide bonds. The number of hydrogen-bond acceptors (Lipinski definition) is 1. The van der Waals surface area contributed by atoms with E-state index in [-0.39, 0.29) is 85.9 Å². The summed E-state index contributed by atoms with van der Waals surface area (Å²) in [5.41, 5.74) is 3.37. The Morgan fingerprint density at radius 3 is 1.37 bits per heavy atom. The average Bonchev–Trinajstić information content (AvgIpc) is 2.93. The van der Waals surface area contributed by atoms with E-state index in [0.29, 0.717) is 5.75 Å². The van der Waals surface area contributed by atoms with Crippen molar-refractivity contribution in [1.82, 2.24) is 0 Å². The van der Waals surface area contributed by atoms with Gasteiger partial charge in [-0.1, -0.05) is 74.4 Å². The maximum absolute atomic E-state index is 10.7. The van der Waals surface area contributed by atoms with Gasteiger partial charge in [-0.15, -0.1) is 6.42 Å². The maximum Gasteiger partial charge on any atom is 3.00 e. The minimum Gasteiger partial charge on any atom is -1.00 e. The Morgan fingerprint density at radius 1 is 0.778 bits per heavy atom. The van der Waals surface area contributed by atoms with Crippen molar-refractivity contribution >= 4 is 0 Å². The van der Waals surface area contributed by atoms with Crippen LogP contribution in [0, 0.1) is 6.08 Å². The predicted molar refractivity (Wildman–Crippen MR) is 106 cm³/mol. The third-order valence-electron chi connectivity index (χ3n) is 4.18. The van der Waals surface area contributed by atoms with Crippen molar-refractivity contribution in [2.75, 3.05) is 0 Å². The molecule has 0 atom stereocenters. The second-order valence-corrected chi connectivity index (χ2v) is 9.67. The van der Waals surface area contributed by atoms with Gasteiger partial charge in [0.05, 0.1) is 0 Å². The Morgan fingerprint density at radius 2 is 1.19 bits per heavy atom. The van der Waals surface area contributed by atoms with Crippen LogP contribution in [-0.2, 0) is 38.0 Å². The summed E-state index contributed by atoms with van der Waals surface area (Å²) < 4.78 is 0. The van der Waals surface area contributed by atoms with Crippen molar-refractivity contribution in [3.05, 3.63) is 53.1 Å². The van der Waals surface area contributed by atoms with Gasteiger partial charge in [0, 0.05) is 0 Å². The Balaban J connectivity index is -0.000000625. The summed E-state index contributed by atoms with van der Waals surface area (Å²) in [5, 5.41) is 10.7. The molecule has 0 saturated heterocycles. The van der Waals surface area contributed by atoms with Gasteiger partial charge in [0.1, 0.15) is 5.75 Å². The zero-order valence-electron chi connectivity index (χ0n) is 18.3. The molecule has 1 radical (unpaired) electrons. The second-order valence-electron chi connectivity index (χ2n) is 9.67. The van der Waals surface area contributed by atoms with Crippen LogP contribution in [0.4, 0.5) is 0 Å². The van der Waals surface area contributed by atoms with Gasteiger partial charge in [-0.25, -0.2) is 12.2 Å². The molecule has 0 heterocycles. The normalized spacial score (nSPS) is 12.9. The first kappa shape index (κ1) is 32.3. The number of phenolic OH excluding ortho intramolecular Hbond substituents is 1. The SMILES string of the molecule is CC(C)(C)c1cc(C(C)(C)C)c(O)c(C(C)(C)C)c1.[C-]1=CC=CC1.[I-].[I-].[Ti+3]. The van der Waals surface area contributed by atoms with Gasteiger partial charge < -0.3 is 53.1 Å². The third kappa shape index (κ3) is 10.3. The van der Waals surface area contributed by atoms with Gasteiger partial charge in [0.15, 0.2) is 0 Å². The number of rotatable bonds is 0. The van der Waals surface area contributed by atoms with Crippen LogP contribution in [0.3, 0.4) is 0 Å². The van der Waals surface area contributed by atoms with E-state index in [2.05, 4.69) is 86.6 Å². The second kappa shape index (κ2) is 12.4. The van der Waals surface area contributed by atoms with E-state index in [1.54, 1.807) is 0 Å². The molecular formula is C23H35I2OTi. The zero-order chi connectivity index (χ0) is 18.8. The molecule has 0 aliphatic heterocycles. The van der Waals surface area contributed by atoms with E-state index in [9.17, 15) is 5.11 Å². The summed E-state index contributed by atoms with van der Waals surface area (Å²) >= 11 is 0. The number of allylic oxidation sites excluding steroid dienone is 4. The summed E-state index contributed by atoms with van der Waals surface area (Å²) in [5.74, 6) is 0.466. The molecule has 27 heavy (non-hydrogen) atoms. The molecule has 0 saturated carbocycles. The van der Waals surface area contributed by atoms with E-state index < -0.39 is 0 Å². The molecule has 0 bridgehead atoms. The molecule has 1 aromatic rings. The van der Waals surface area contributed by atoms with Gasteiger partial charge in [-0.3, -0.25) is 6.08 Å². The summed E-state index contributed by atoms with van der Waals surface area (Å²) in [6, 6.07) is 4.34. The standard InChI is InChI=1S/C18H30O.C5H5.2HI.Ti/c1-16(2,3)12-10-13(17(4,5)6)15(19)14(11-12)18(7,8)9;1-2-4-5-3-1;;;/h10-11,19H,1-9H3;1-3H,4H2;2*1H;/q;-1;;;+3/p-2. The zero-order valence-corrected chi connectivity index (χ0v) is 24.2. The molecule has 0 unspecified atom stereocenters. The van der Waals surface area contributed by atoms with Crippen molar-refractivity contribution in [2.24, 2.45) is 0 Å². The fraction of sp³-hybridized carbons (Fsp3) is 0.565. The quantitative estimate of drug-likeness (QED) is 0.254. The molecule has 0 spiro atoms. The maximum atomic E-state index is 10.7. The molecule has 1 N–H and O–H groups in total. The van der Waals surface area contributed by atoms with E-state index >= 15 is 0 Å². The molecule has 1 nitrogen and oxygen atoms in total. The van der Waals surface area contributed by atoms with Crippen molar-refractivity contribution < 1.29 is 74.8 Å². The third-order valence-corrected chi connectivity index (χ3v) is 4.18. The Kier molecular flexibility index (Phi) is 14.8. The van der Waals surface area contributed by atoms with Gasteiger partial charge >= 0.3 is 21.7 Å². The molecule has 2 rings (SSSR count). The molecule has 1 aliphatic rings. The fourth-order valence-electron chi connectivity index (χ4n) is 2.55. The number of benzene rings is 1. The Hall–Kier alpha value is 0.674. The van der Waals surface area contributed by atoms with Crippen molar-refractivity contribution in [2.45, 2.75) is 85.0 Å². The van der Waals surface area contributed by atoms with E-state index in [1.165, 1.54) is 5.56 Å². The van der Waals surface area contributed by atoms with E-state index in [4.69, 9.17) is 0 Å². The summed E-state index contributed by atoms with van der Waals surface area (Å²) in [6.45, 7) is 19.6. The van der Waals surface area contributed by atoms with Crippen molar-refractivity contribution in [3.8, 4) is 5.75 Å². The van der Waals surface area contributed by atoms with Gasteiger partial charge in [-0.2, -0.15) is 6.08 Å². The first-order valence-corrected chi connectivity index (χ1v) is 8.85. The minimum absolute atomic E-state index is 0. The smallest absolute Gasteiger partial charge is 1.00 e. The molecule has 1 aromatic carbocycles. The van der Waals surface area contributed by atoms with Crippen molar-refractivity contribution in [3.63, 3.8) is 0 Å². The van der Waals surface area contributed by atoms with Crippen LogP contribution < -0.4 is 48.0 Å². The van der Waals surface area contributed by atoms with Gasteiger partial charge in [0.2, 0.25) is 0 Å². The molecule has 151 valence electrons. The van der Waals surface area contributed by atoms with Gasteiger partial charge in [0.25, 0.3) is 0 Å². The molecule has 4 heteroatoms. The van der Waals surface area contributed by atoms with Crippen LogP contribution in [0.2, 0.25) is 0 Å². The van der Waals surface area contributed by atoms with Crippen LogP contribution in [0.25, 0.3) is 0 Å². The monoisotopic (exact) mass is 629 g/mol. The minimum atomic E-state index is -0.0503. The van der Waals surface area contributed by atoms with Crippen LogP contribution in [0.1, 0.15) is 85.4 Å². The molecule has 1 aliphatic carbocycles. The molecular weight excluding hydrogens is 594 g/mol.